The van der Waals surface area contributed by atoms with Crippen molar-refractivity contribution in [1.82, 2.24) is 16.0 Å². The molecule has 1 atom stereocenters. The number of ether oxygens (including phenoxy) is 5. The second-order valence-electron chi connectivity index (χ2n) is 20.0. The number of carbonyl (C=O) groups is 2. The highest BCUT2D eigenvalue weighted by Gasteiger charge is 2.22. The van der Waals surface area contributed by atoms with Crippen molar-refractivity contribution in [3.8, 4) is 0 Å². The average molecular weight is 912 g/mol. The first-order valence-electron chi connectivity index (χ1n) is 27.4. The summed E-state index contributed by atoms with van der Waals surface area (Å²) in [5.74, 6) is 0. The van der Waals surface area contributed by atoms with Gasteiger partial charge in [0.1, 0.15) is 0 Å². The van der Waals surface area contributed by atoms with Crippen molar-refractivity contribution in [2.45, 2.75) is 284 Å². The van der Waals surface area contributed by atoms with Crippen LogP contribution in [0.25, 0.3) is 0 Å². The third kappa shape index (κ3) is 46.9. The molecule has 382 valence electrons. The zero-order chi connectivity index (χ0) is 47.1. The highest BCUT2D eigenvalue weighted by molar-refractivity contribution is 5.69. The molecule has 0 aromatic rings. The maximum absolute atomic E-state index is 12.8. The Kier molecular flexibility index (Phi) is 45.3. The number of carbonyl (C=O) groups excluding carboxylic acids is 2. The standard InChI is InChI=1S/C54H109N3O7/c1-8-10-12-14-16-18-20-22-24-26-28-30-32-34-36-38-44-62-51(58)56-47-50(48-61-49-55-43-40-41-54(5,6)64-46-42-53(3,4)60-7)57-52(59)63-45-39-37-35-33-31-29-27-25-23-21-19-17-15-13-11-9-2/h50,55H,8-49H2,1-7H3,(H,56,58)(H,57,59). The van der Waals surface area contributed by atoms with Crippen LogP contribution in [0, 0.1) is 0 Å². The van der Waals surface area contributed by atoms with Gasteiger partial charge in [0.2, 0.25) is 0 Å². The maximum atomic E-state index is 12.8. The highest BCUT2D eigenvalue weighted by Crippen LogP contribution is 2.20. The van der Waals surface area contributed by atoms with Gasteiger partial charge in [0.15, 0.2) is 0 Å². The zero-order valence-corrected chi connectivity index (χ0v) is 43.6. The minimum atomic E-state index is -0.484. The van der Waals surface area contributed by atoms with Crippen LogP contribution in [-0.2, 0) is 23.7 Å². The van der Waals surface area contributed by atoms with Gasteiger partial charge >= 0.3 is 12.2 Å². The topological polar surface area (TPSA) is 116 Å². The van der Waals surface area contributed by atoms with E-state index in [1.54, 1.807) is 7.11 Å². The lowest BCUT2D eigenvalue weighted by Gasteiger charge is -2.29. The summed E-state index contributed by atoms with van der Waals surface area (Å²) >= 11 is 0. The fourth-order valence-corrected chi connectivity index (χ4v) is 7.98. The van der Waals surface area contributed by atoms with Crippen LogP contribution >= 0.6 is 0 Å². The van der Waals surface area contributed by atoms with Crippen LogP contribution in [0.5, 0.6) is 0 Å². The maximum Gasteiger partial charge on any atom is 0.407 e. The van der Waals surface area contributed by atoms with Crippen molar-refractivity contribution >= 4 is 12.2 Å². The molecule has 0 aromatic heterocycles. The molecule has 10 heteroatoms. The molecule has 0 aliphatic carbocycles. The normalized spacial score (nSPS) is 12.4. The Morgan fingerprint density at radius 2 is 0.859 bits per heavy atom. The summed E-state index contributed by atoms with van der Waals surface area (Å²) in [4.78, 5) is 25.3. The molecule has 0 saturated heterocycles. The van der Waals surface area contributed by atoms with Crippen LogP contribution in [0.3, 0.4) is 0 Å². The number of rotatable bonds is 50. The molecule has 0 aromatic carbocycles. The Bertz CT molecular complexity index is 998. The molecule has 0 spiro atoms. The number of hydrogen-bond donors (Lipinski definition) is 3. The predicted octanol–water partition coefficient (Wildman–Crippen LogP) is 15.3. The first kappa shape index (κ1) is 62.4. The lowest BCUT2D eigenvalue weighted by atomic mass is 10.0. The van der Waals surface area contributed by atoms with Crippen LogP contribution in [0.4, 0.5) is 9.59 Å². The summed E-state index contributed by atoms with van der Waals surface area (Å²) in [5.41, 5.74) is -0.412. The van der Waals surface area contributed by atoms with E-state index in [0.717, 1.165) is 51.5 Å². The summed E-state index contributed by atoms with van der Waals surface area (Å²) in [5, 5.41) is 9.05. The lowest BCUT2D eigenvalue weighted by Crippen LogP contribution is -2.47. The molecule has 0 heterocycles. The Hall–Kier alpha value is -1.62. The molecule has 64 heavy (non-hydrogen) atoms. The second kappa shape index (κ2) is 46.5. The molecule has 0 rings (SSSR count). The van der Waals surface area contributed by atoms with E-state index in [1.807, 2.05) is 0 Å². The number of methoxy groups -OCH3 is 1. The molecular formula is C54H109N3O7. The summed E-state index contributed by atoms with van der Waals surface area (Å²) in [6.07, 6.45) is 43.5. The number of hydrogen-bond acceptors (Lipinski definition) is 8. The van der Waals surface area contributed by atoms with Gasteiger partial charge in [-0.15, -0.1) is 0 Å². The molecule has 1 unspecified atom stereocenters. The van der Waals surface area contributed by atoms with Gasteiger partial charge in [0, 0.05) is 13.7 Å². The van der Waals surface area contributed by atoms with Gasteiger partial charge in [-0.25, -0.2) is 9.59 Å². The van der Waals surface area contributed by atoms with Gasteiger partial charge in [0.25, 0.3) is 0 Å². The van der Waals surface area contributed by atoms with Gasteiger partial charge in [-0.2, -0.15) is 0 Å². The van der Waals surface area contributed by atoms with E-state index < -0.39 is 18.2 Å². The largest absolute Gasteiger partial charge is 0.450 e. The number of nitrogens with one attached hydrogen (secondary N) is 3. The van der Waals surface area contributed by atoms with Crippen LogP contribution in [0.15, 0.2) is 0 Å². The summed E-state index contributed by atoms with van der Waals surface area (Å²) in [6, 6.07) is -0.452. The van der Waals surface area contributed by atoms with Crippen molar-refractivity contribution in [2.75, 3.05) is 53.4 Å². The second-order valence-corrected chi connectivity index (χ2v) is 20.0. The van der Waals surface area contributed by atoms with Gasteiger partial charge in [0.05, 0.1) is 50.4 Å². The van der Waals surface area contributed by atoms with Gasteiger partial charge in [-0.05, 0) is 66.3 Å². The Balaban J connectivity index is 4.32. The average Bonchev–Trinajstić information content (AvgIpc) is 3.27. The minimum absolute atomic E-state index is 0.190. The SMILES string of the molecule is CCCCCCCCCCCCCCCCCCOC(=O)NCC(COCNCCCC(C)(C)OCCC(C)(C)OC)NC(=O)OCCCCCCCCCCCCCCCCCC. The zero-order valence-electron chi connectivity index (χ0n) is 43.6. The van der Waals surface area contributed by atoms with Gasteiger partial charge in [-0.3, -0.25) is 5.32 Å². The van der Waals surface area contributed by atoms with Crippen molar-refractivity contribution in [1.29, 1.82) is 0 Å². The molecule has 0 saturated carbocycles. The molecule has 0 aliphatic heterocycles. The fraction of sp³-hybridized carbons (Fsp3) is 0.963. The number of unbranched alkanes of at least 4 members (excludes halogenated alkanes) is 30. The monoisotopic (exact) mass is 912 g/mol. The third-order valence-electron chi connectivity index (χ3n) is 12.7. The molecular weight excluding hydrogens is 803 g/mol. The van der Waals surface area contributed by atoms with Gasteiger partial charge < -0.3 is 34.3 Å². The fourth-order valence-electron chi connectivity index (χ4n) is 7.98. The predicted molar refractivity (Wildman–Crippen MR) is 271 cm³/mol. The lowest BCUT2D eigenvalue weighted by molar-refractivity contribution is -0.0618. The first-order valence-corrected chi connectivity index (χ1v) is 27.4. The van der Waals surface area contributed by atoms with Crippen molar-refractivity contribution in [3.63, 3.8) is 0 Å². The van der Waals surface area contributed by atoms with Crippen molar-refractivity contribution in [3.05, 3.63) is 0 Å². The van der Waals surface area contributed by atoms with E-state index in [1.165, 1.54) is 180 Å². The Labute approximate surface area is 397 Å². The molecule has 2 amide bonds. The molecule has 0 radical (unpaired) electrons. The van der Waals surface area contributed by atoms with Crippen LogP contribution in [0.1, 0.15) is 266 Å². The Morgan fingerprint density at radius 1 is 0.469 bits per heavy atom. The van der Waals surface area contributed by atoms with E-state index in [-0.39, 0.29) is 24.4 Å². The minimum Gasteiger partial charge on any atom is -0.450 e. The quantitative estimate of drug-likeness (QED) is 0.0408. The molecule has 10 nitrogen and oxygen atoms in total. The number of alkyl carbamates (subject to hydrolysis) is 2. The highest BCUT2D eigenvalue weighted by atomic mass is 16.6. The van der Waals surface area contributed by atoms with Crippen molar-refractivity contribution < 1.29 is 33.3 Å². The van der Waals surface area contributed by atoms with E-state index in [2.05, 4.69) is 57.5 Å². The van der Waals surface area contributed by atoms with E-state index >= 15 is 0 Å². The van der Waals surface area contributed by atoms with Crippen LogP contribution in [-0.4, -0.2) is 82.8 Å². The summed E-state index contributed by atoms with van der Waals surface area (Å²) in [7, 11) is 1.74. The van der Waals surface area contributed by atoms with E-state index in [0.29, 0.717) is 26.6 Å². The summed E-state index contributed by atoms with van der Waals surface area (Å²) < 4.78 is 28.5. The Morgan fingerprint density at radius 3 is 1.27 bits per heavy atom. The smallest absolute Gasteiger partial charge is 0.407 e. The van der Waals surface area contributed by atoms with Crippen LogP contribution in [0.2, 0.25) is 0 Å². The molecule has 3 N–H and O–H groups in total. The number of amides is 2. The molecule has 0 fully saturated rings. The molecule has 0 bridgehead atoms. The van der Waals surface area contributed by atoms with Crippen LogP contribution < -0.4 is 16.0 Å². The summed E-state index contributed by atoms with van der Waals surface area (Å²) in [6.45, 7) is 15.9. The third-order valence-corrected chi connectivity index (χ3v) is 12.7. The van der Waals surface area contributed by atoms with E-state index in [4.69, 9.17) is 23.7 Å². The van der Waals surface area contributed by atoms with E-state index in [9.17, 15) is 9.59 Å². The first-order chi connectivity index (χ1) is 31.0. The molecule has 0 aliphatic rings. The van der Waals surface area contributed by atoms with Gasteiger partial charge in [-0.1, -0.05) is 206 Å². The van der Waals surface area contributed by atoms with Crippen molar-refractivity contribution in [2.24, 2.45) is 0 Å².